The first-order chi connectivity index (χ1) is 11.7. The van der Waals surface area contributed by atoms with Crippen LogP contribution in [0.4, 0.5) is 13.2 Å². The number of nitrogens with zero attached hydrogens (tertiary/aromatic N) is 2. The van der Waals surface area contributed by atoms with Crippen molar-refractivity contribution in [3.05, 3.63) is 60.2 Å². The number of benzene rings is 2. The molecule has 25 heavy (non-hydrogen) atoms. The van der Waals surface area contributed by atoms with Crippen molar-refractivity contribution in [1.82, 2.24) is 4.31 Å². The van der Waals surface area contributed by atoms with Gasteiger partial charge in [-0.1, -0.05) is 42.5 Å². The van der Waals surface area contributed by atoms with Crippen LogP contribution in [-0.2, 0) is 16.6 Å². The molecule has 2 rings (SSSR count). The average Bonchev–Trinajstić information content (AvgIpc) is 2.54. The molecule has 0 heterocycles. The Morgan fingerprint density at radius 1 is 1.04 bits per heavy atom. The van der Waals surface area contributed by atoms with Crippen LogP contribution in [0.15, 0.2) is 59.5 Å². The molecular weight excluding hydrogens is 357 g/mol. The van der Waals surface area contributed by atoms with Gasteiger partial charge in [0.15, 0.2) is 0 Å². The number of rotatable bonds is 6. The van der Waals surface area contributed by atoms with Gasteiger partial charge in [-0.2, -0.15) is 9.57 Å². The van der Waals surface area contributed by atoms with Crippen LogP contribution in [0.25, 0.3) is 0 Å². The quantitative estimate of drug-likeness (QED) is 0.732. The number of halogens is 3. The second-order valence-corrected chi connectivity index (χ2v) is 6.82. The third-order valence-corrected chi connectivity index (χ3v) is 4.97. The Balaban J connectivity index is 2.42. The summed E-state index contributed by atoms with van der Waals surface area (Å²) < 4.78 is 67.7. The van der Waals surface area contributed by atoms with Crippen molar-refractivity contribution in [1.29, 1.82) is 5.26 Å². The second-order valence-electron chi connectivity index (χ2n) is 4.91. The van der Waals surface area contributed by atoms with Gasteiger partial charge in [-0.05, 0) is 17.7 Å². The van der Waals surface area contributed by atoms with Gasteiger partial charge in [0.2, 0.25) is 10.0 Å². The predicted octanol–water partition coefficient (Wildman–Crippen LogP) is 3.30. The van der Waals surface area contributed by atoms with Crippen molar-refractivity contribution < 1.29 is 26.3 Å². The molecule has 0 spiro atoms. The van der Waals surface area contributed by atoms with Gasteiger partial charge >= 0.3 is 6.36 Å². The summed E-state index contributed by atoms with van der Waals surface area (Å²) in [6.45, 7) is -0.672. The molecule has 0 saturated heterocycles. The van der Waals surface area contributed by atoms with E-state index in [-0.39, 0.29) is 6.54 Å². The predicted molar refractivity (Wildman–Crippen MR) is 82.8 cm³/mol. The maximum absolute atomic E-state index is 12.8. The molecule has 0 fully saturated rings. The van der Waals surface area contributed by atoms with E-state index in [0.717, 1.165) is 16.4 Å². The zero-order chi connectivity index (χ0) is 18.5. The lowest BCUT2D eigenvalue weighted by Gasteiger charge is -2.21. The molecule has 5 nitrogen and oxygen atoms in total. The molecule has 9 heteroatoms. The van der Waals surface area contributed by atoms with Crippen LogP contribution in [0.1, 0.15) is 5.56 Å². The van der Waals surface area contributed by atoms with Gasteiger partial charge in [0.05, 0.1) is 6.07 Å². The summed E-state index contributed by atoms with van der Waals surface area (Å²) in [5.41, 5.74) is 0.593. The summed E-state index contributed by atoms with van der Waals surface area (Å²) in [6, 6.07) is 14.6. The van der Waals surface area contributed by atoms with Crippen molar-refractivity contribution in [3.8, 4) is 11.8 Å². The molecule has 0 radical (unpaired) electrons. The van der Waals surface area contributed by atoms with E-state index in [4.69, 9.17) is 5.26 Å². The van der Waals surface area contributed by atoms with Crippen LogP contribution in [0.5, 0.6) is 5.75 Å². The van der Waals surface area contributed by atoms with E-state index in [1.165, 1.54) is 12.1 Å². The highest BCUT2D eigenvalue weighted by atomic mass is 32.2. The first kappa shape index (κ1) is 18.8. The van der Waals surface area contributed by atoms with Crippen molar-refractivity contribution in [3.63, 3.8) is 0 Å². The summed E-state index contributed by atoms with van der Waals surface area (Å²) in [7, 11) is -4.38. The fraction of sp³-hybridized carbons (Fsp3) is 0.188. The average molecular weight is 370 g/mol. The number of hydrogen-bond donors (Lipinski definition) is 0. The molecule has 0 atom stereocenters. The Kier molecular flexibility index (Phi) is 5.66. The number of alkyl halides is 3. The Hall–Kier alpha value is -2.57. The van der Waals surface area contributed by atoms with Crippen LogP contribution < -0.4 is 4.74 Å². The van der Waals surface area contributed by atoms with E-state index in [9.17, 15) is 21.6 Å². The molecule has 0 aromatic heterocycles. The van der Waals surface area contributed by atoms with E-state index in [0.29, 0.717) is 5.56 Å². The highest BCUT2D eigenvalue weighted by Gasteiger charge is 2.35. The van der Waals surface area contributed by atoms with E-state index in [1.54, 1.807) is 36.4 Å². The summed E-state index contributed by atoms with van der Waals surface area (Å²) in [5.74, 6) is -0.842. The Morgan fingerprint density at radius 3 is 2.24 bits per heavy atom. The second kappa shape index (κ2) is 7.55. The fourth-order valence-corrected chi connectivity index (χ4v) is 3.54. The standard InChI is InChI=1S/C16H13F3N2O3S/c17-16(18,19)24-14-8-4-5-9-15(14)25(22,23)21(11-10-20)12-13-6-2-1-3-7-13/h1-9H,11-12H2. The molecular formula is C16H13F3N2O3S. The first-order valence-corrected chi connectivity index (χ1v) is 8.44. The minimum Gasteiger partial charge on any atom is -0.404 e. The maximum atomic E-state index is 12.8. The molecule has 0 aliphatic rings. The third kappa shape index (κ3) is 4.95. The SMILES string of the molecule is N#CCN(Cc1ccccc1)S(=O)(=O)c1ccccc1OC(F)(F)F. The van der Waals surface area contributed by atoms with E-state index in [1.807, 2.05) is 0 Å². The van der Waals surface area contributed by atoms with Gasteiger partial charge in [0.25, 0.3) is 0 Å². The van der Waals surface area contributed by atoms with E-state index >= 15 is 0 Å². The highest BCUT2D eigenvalue weighted by molar-refractivity contribution is 7.89. The van der Waals surface area contributed by atoms with Gasteiger partial charge < -0.3 is 4.74 Å². The molecule has 132 valence electrons. The van der Waals surface area contributed by atoms with Crippen molar-refractivity contribution >= 4 is 10.0 Å². The minimum atomic E-state index is -5.04. The number of nitriles is 1. The van der Waals surface area contributed by atoms with Gasteiger partial charge in [-0.25, -0.2) is 8.42 Å². The van der Waals surface area contributed by atoms with Gasteiger partial charge in [-0.15, -0.1) is 13.2 Å². The van der Waals surface area contributed by atoms with Gasteiger partial charge in [0, 0.05) is 6.54 Å². The van der Waals surface area contributed by atoms with Crippen LogP contribution in [0.2, 0.25) is 0 Å². The van der Waals surface area contributed by atoms with E-state index < -0.39 is 33.6 Å². The van der Waals surface area contributed by atoms with Gasteiger partial charge in [0.1, 0.15) is 17.2 Å². The zero-order valence-corrected chi connectivity index (χ0v) is 13.6. The lowest BCUT2D eigenvalue weighted by Crippen LogP contribution is -2.32. The van der Waals surface area contributed by atoms with Crippen LogP contribution in [0, 0.1) is 11.3 Å². The Labute approximate surface area is 142 Å². The summed E-state index contributed by atoms with van der Waals surface area (Å²) in [4.78, 5) is -0.654. The molecule has 2 aromatic carbocycles. The molecule has 0 bridgehead atoms. The third-order valence-electron chi connectivity index (χ3n) is 3.14. The largest absolute Gasteiger partial charge is 0.573 e. The lowest BCUT2D eigenvalue weighted by molar-refractivity contribution is -0.275. The lowest BCUT2D eigenvalue weighted by atomic mass is 10.2. The van der Waals surface area contributed by atoms with Crippen molar-refractivity contribution in [2.24, 2.45) is 0 Å². The Bertz CT molecular complexity index is 862. The molecule has 0 saturated carbocycles. The summed E-state index contributed by atoms with van der Waals surface area (Å²) in [6.07, 6.45) is -5.04. The maximum Gasteiger partial charge on any atom is 0.573 e. The normalized spacial score (nSPS) is 12.0. The number of sulfonamides is 1. The van der Waals surface area contributed by atoms with Crippen LogP contribution in [0.3, 0.4) is 0 Å². The number of para-hydroxylation sites is 1. The molecule has 2 aromatic rings. The van der Waals surface area contributed by atoms with Crippen LogP contribution in [-0.4, -0.2) is 25.6 Å². The first-order valence-electron chi connectivity index (χ1n) is 7.00. The molecule has 0 unspecified atom stereocenters. The van der Waals surface area contributed by atoms with Crippen molar-refractivity contribution in [2.45, 2.75) is 17.8 Å². The molecule has 0 amide bonds. The topological polar surface area (TPSA) is 70.4 Å². The minimum absolute atomic E-state index is 0.156. The van der Waals surface area contributed by atoms with Gasteiger partial charge in [-0.3, -0.25) is 0 Å². The Morgan fingerprint density at radius 2 is 1.64 bits per heavy atom. The summed E-state index contributed by atoms with van der Waals surface area (Å²) >= 11 is 0. The summed E-state index contributed by atoms with van der Waals surface area (Å²) in [5, 5.41) is 8.91. The van der Waals surface area contributed by atoms with Crippen molar-refractivity contribution in [2.75, 3.05) is 6.54 Å². The van der Waals surface area contributed by atoms with E-state index in [2.05, 4.69) is 4.74 Å². The smallest absolute Gasteiger partial charge is 0.404 e. The molecule has 0 aliphatic carbocycles. The monoisotopic (exact) mass is 370 g/mol. The fourth-order valence-electron chi connectivity index (χ4n) is 2.10. The van der Waals surface area contributed by atoms with Crippen LogP contribution >= 0.6 is 0 Å². The molecule has 0 aliphatic heterocycles. The highest BCUT2D eigenvalue weighted by Crippen LogP contribution is 2.31. The zero-order valence-electron chi connectivity index (χ0n) is 12.8. The number of hydrogen-bond acceptors (Lipinski definition) is 4. The molecule has 0 N–H and O–H groups in total. The number of ether oxygens (including phenoxy) is 1.